The van der Waals surface area contributed by atoms with Crippen LogP contribution in [0, 0.1) is 12.8 Å². The highest BCUT2D eigenvalue weighted by Crippen LogP contribution is 2.31. The molecule has 0 bridgehead atoms. The van der Waals surface area contributed by atoms with Crippen molar-refractivity contribution in [2.24, 2.45) is 5.92 Å². The minimum Gasteiger partial charge on any atom is -0.477 e. The van der Waals surface area contributed by atoms with Gasteiger partial charge < -0.3 is 5.11 Å². The minimum absolute atomic E-state index is 0.352. The highest BCUT2D eigenvalue weighted by Gasteiger charge is 2.19. The van der Waals surface area contributed by atoms with Crippen molar-refractivity contribution in [2.45, 2.75) is 27.2 Å². The largest absolute Gasteiger partial charge is 0.477 e. The summed E-state index contributed by atoms with van der Waals surface area (Å²) in [4.78, 5) is 16.2. The second-order valence-electron chi connectivity index (χ2n) is 5.16. The molecular weight excluding hydrogens is 338 g/mol. The van der Waals surface area contributed by atoms with E-state index in [-0.39, 0.29) is 0 Å². The molecule has 106 valence electrons. The standard InChI is InChI=1S/C15H16BrNO2S/c1-8(2)6-12-13(15(18)19)20-14(17-12)10-5-4-9(3)11(16)7-10/h4-5,7-8H,6H2,1-3H3,(H,18,19). The third-order valence-electron chi connectivity index (χ3n) is 2.91. The molecular formula is C15H16BrNO2S. The Balaban J connectivity index is 2.46. The highest BCUT2D eigenvalue weighted by atomic mass is 79.9. The molecule has 1 aromatic heterocycles. The van der Waals surface area contributed by atoms with Gasteiger partial charge in [-0.25, -0.2) is 9.78 Å². The summed E-state index contributed by atoms with van der Waals surface area (Å²) in [7, 11) is 0. The lowest BCUT2D eigenvalue weighted by Gasteiger charge is -2.02. The van der Waals surface area contributed by atoms with Crippen LogP contribution in [0.4, 0.5) is 0 Å². The van der Waals surface area contributed by atoms with Crippen LogP contribution in [0.5, 0.6) is 0 Å². The maximum Gasteiger partial charge on any atom is 0.347 e. The molecule has 5 heteroatoms. The van der Waals surface area contributed by atoms with Crippen molar-refractivity contribution >= 4 is 33.2 Å². The number of aryl methyl sites for hydroxylation is 1. The van der Waals surface area contributed by atoms with Gasteiger partial charge >= 0.3 is 5.97 Å². The Hall–Kier alpha value is -1.20. The molecule has 1 N–H and O–H groups in total. The first kappa shape index (κ1) is 15.2. The number of thiazole rings is 1. The molecule has 2 rings (SSSR count). The lowest BCUT2D eigenvalue weighted by atomic mass is 10.1. The number of hydrogen-bond donors (Lipinski definition) is 1. The van der Waals surface area contributed by atoms with Crippen LogP contribution in [0.25, 0.3) is 10.6 Å². The van der Waals surface area contributed by atoms with Gasteiger partial charge in [-0.2, -0.15) is 0 Å². The molecule has 1 heterocycles. The maximum atomic E-state index is 11.3. The molecule has 0 unspecified atom stereocenters. The zero-order valence-corrected chi connectivity index (χ0v) is 14.0. The van der Waals surface area contributed by atoms with E-state index >= 15 is 0 Å². The lowest BCUT2D eigenvalue weighted by Crippen LogP contribution is -2.02. The van der Waals surface area contributed by atoms with Crippen molar-refractivity contribution in [3.8, 4) is 10.6 Å². The quantitative estimate of drug-likeness (QED) is 0.860. The summed E-state index contributed by atoms with van der Waals surface area (Å²) >= 11 is 4.74. The Morgan fingerprint density at radius 2 is 2.15 bits per heavy atom. The second-order valence-corrected chi connectivity index (χ2v) is 7.02. The number of aromatic nitrogens is 1. The Morgan fingerprint density at radius 1 is 1.45 bits per heavy atom. The van der Waals surface area contributed by atoms with Crippen LogP contribution in [0.15, 0.2) is 22.7 Å². The molecule has 1 aromatic carbocycles. The molecule has 0 saturated heterocycles. The Kier molecular flexibility index (Phi) is 4.60. The summed E-state index contributed by atoms with van der Waals surface area (Å²) in [6.45, 7) is 6.14. The number of aromatic carboxylic acids is 1. The van der Waals surface area contributed by atoms with Gasteiger partial charge in [0.15, 0.2) is 0 Å². The van der Waals surface area contributed by atoms with Gasteiger partial charge in [0.05, 0.1) is 5.69 Å². The summed E-state index contributed by atoms with van der Waals surface area (Å²) in [5.74, 6) is -0.511. The molecule has 2 aromatic rings. The van der Waals surface area contributed by atoms with E-state index in [0.717, 1.165) is 20.6 Å². The van der Waals surface area contributed by atoms with Crippen molar-refractivity contribution in [3.05, 3.63) is 38.8 Å². The van der Waals surface area contributed by atoms with Gasteiger partial charge in [-0.1, -0.05) is 41.9 Å². The fourth-order valence-electron chi connectivity index (χ4n) is 1.89. The van der Waals surface area contributed by atoms with Crippen molar-refractivity contribution in [1.29, 1.82) is 0 Å². The zero-order valence-electron chi connectivity index (χ0n) is 11.6. The molecule has 20 heavy (non-hydrogen) atoms. The predicted molar refractivity (Wildman–Crippen MR) is 85.5 cm³/mol. The fraction of sp³-hybridized carbons (Fsp3) is 0.333. The number of halogens is 1. The first-order valence-electron chi connectivity index (χ1n) is 6.38. The SMILES string of the molecule is Cc1ccc(-c2nc(CC(C)C)c(C(=O)O)s2)cc1Br. The van der Waals surface area contributed by atoms with E-state index in [4.69, 9.17) is 0 Å². The third kappa shape index (κ3) is 3.27. The predicted octanol–water partition coefficient (Wildman–Crippen LogP) is 4.78. The monoisotopic (exact) mass is 353 g/mol. The Morgan fingerprint density at radius 3 is 2.70 bits per heavy atom. The Labute approximate surface area is 130 Å². The normalized spacial score (nSPS) is 11.1. The molecule has 0 atom stereocenters. The lowest BCUT2D eigenvalue weighted by molar-refractivity contribution is 0.0700. The molecule has 0 amide bonds. The molecule has 0 saturated carbocycles. The van der Waals surface area contributed by atoms with Crippen molar-refractivity contribution in [3.63, 3.8) is 0 Å². The van der Waals surface area contributed by atoms with Crippen molar-refractivity contribution in [1.82, 2.24) is 4.98 Å². The number of benzene rings is 1. The van der Waals surface area contributed by atoms with Crippen LogP contribution in [0.3, 0.4) is 0 Å². The van der Waals surface area contributed by atoms with Gasteiger partial charge in [-0.3, -0.25) is 0 Å². The van der Waals surface area contributed by atoms with E-state index in [1.165, 1.54) is 11.3 Å². The minimum atomic E-state index is -0.893. The molecule has 0 spiro atoms. The van der Waals surface area contributed by atoms with Crippen LogP contribution in [-0.4, -0.2) is 16.1 Å². The number of carboxylic acid groups (broad SMARTS) is 1. The number of rotatable bonds is 4. The van der Waals surface area contributed by atoms with E-state index < -0.39 is 5.97 Å². The zero-order chi connectivity index (χ0) is 14.9. The summed E-state index contributed by atoms with van der Waals surface area (Å²) in [5.41, 5.74) is 2.78. The smallest absolute Gasteiger partial charge is 0.347 e. The molecule has 0 aliphatic heterocycles. The summed E-state index contributed by atoms with van der Waals surface area (Å²) in [6, 6.07) is 5.96. The van der Waals surface area contributed by atoms with Gasteiger partial charge in [0.25, 0.3) is 0 Å². The topological polar surface area (TPSA) is 50.2 Å². The summed E-state index contributed by atoms with van der Waals surface area (Å²) in [5, 5.41) is 10.1. The van der Waals surface area contributed by atoms with Gasteiger partial charge in [-0.05, 0) is 30.9 Å². The van der Waals surface area contributed by atoms with E-state index in [0.29, 0.717) is 22.9 Å². The highest BCUT2D eigenvalue weighted by molar-refractivity contribution is 9.10. The number of hydrogen-bond acceptors (Lipinski definition) is 3. The summed E-state index contributed by atoms with van der Waals surface area (Å²) < 4.78 is 1.01. The van der Waals surface area contributed by atoms with E-state index in [1.807, 2.05) is 25.1 Å². The third-order valence-corrected chi connectivity index (χ3v) is 4.90. The molecule has 0 aliphatic carbocycles. The van der Waals surface area contributed by atoms with E-state index in [2.05, 4.69) is 34.8 Å². The average molecular weight is 354 g/mol. The van der Waals surface area contributed by atoms with Crippen LogP contribution >= 0.6 is 27.3 Å². The number of carbonyl (C=O) groups is 1. The van der Waals surface area contributed by atoms with Crippen LogP contribution in [-0.2, 0) is 6.42 Å². The number of carboxylic acids is 1. The maximum absolute atomic E-state index is 11.3. The van der Waals surface area contributed by atoms with Gasteiger partial charge in [-0.15, -0.1) is 11.3 Å². The van der Waals surface area contributed by atoms with Gasteiger partial charge in [0.1, 0.15) is 9.88 Å². The molecule has 0 radical (unpaired) electrons. The van der Waals surface area contributed by atoms with Gasteiger partial charge in [0.2, 0.25) is 0 Å². The molecule has 0 fully saturated rings. The average Bonchev–Trinajstić information content (AvgIpc) is 2.76. The van der Waals surface area contributed by atoms with E-state index in [9.17, 15) is 9.90 Å². The first-order valence-corrected chi connectivity index (χ1v) is 7.99. The summed E-state index contributed by atoms with van der Waals surface area (Å²) in [6.07, 6.45) is 0.686. The van der Waals surface area contributed by atoms with Crippen molar-refractivity contribution in [2.75, 3.05) is 0 Å². The number of nitrogens with zero attached hydrogens (tertiary/aromatic N) is 1. The van der Waals surface area contributed by atoms with E-state index in [1.54, 1.807) is 0 Å². The van der Waals surface area contributed by atoms with Crippen LogP contribution in [0.2, 0.25) is 0 Å². The van der Waals surface area contributed by atoms with Crippen molar-refractivity contribution < 1.29 is 9.90 Å². The molecule has 0 aliphatic rings. The van der Waals surface area contributed by atoms with Crippen LogP contribution in [0.1, 0.15) is 34.8 Å². The first-order chi connectivity index (χ1) is 9.38. The fourth-order valence-corrected chi connectivity index (χ4v) is 3.20. The van der Waals surface area contributed by atoms with Gasteiger partial charge in [0, 0.05) is 10.0 Å². The second kappa shape index (κ2) is 6.06. The van der Waals surface area contributed by atoms with Crippen LogP contribution < -0.4 is 0 Å². The molecule has 3 nitrogen and oxygen atoms in total. The Bertz CT molecular complexity index is 649.